The maximum absolute atomic E-state index is 12.3. The minimum Gasteiger partial charge on any atom is -0.396 e. The molecule has 0 fully saturated rings. The summed E-state index contributed by atoms with van der Waals surface area (Å²) in [7, 11) is 0. The van der Waals surface area contributed by atoms with Crippen LogP contribution in [0.4, 0.5) is 0 Å². The number of hydrogen-bond acceptors (Lipinski definition) is 4. The first-order valence-corrected chi connectivity index (χ1v) is 13.7. The topological polar surface area (TPSA) is 69.6 Å². The predicted molar refractivity (Wildman–Crippen MR) is 136 cm³/mol. The van der Waals surface area contributed by atoms with Gasteiger partial charge in [-0.3, -0.25) is 4.79 Å². The Labute approximate surface area is 200 Å². The van der Waals surface area contributed by atoms with Crippen molar-refractivity contribution in [3.63, 3.8) is 0 Å². The van der Waals surface area contributed by atoms with E-state index in [0.717, 1.165) is 37.7 Å². The van der Waals surface area contributed by atoms with E-state index in [0.29, 0.717) is 11.3 Å². The van der Waals surface area contributed by atoms with Crippen molar-refractivity contribution < 1.29 is 15.0 Å². The van der Waals surface area contributed by atoms with Gasteiger partial charge in [-0.1, -0.05) is 96.3 Å². The van der Waals surface area contributed by atoms with Gasteiger partial charge in [0.2, 0.25) is 5.91 Å². The summed E-state index contributed by atoms with van der Waals surface area (Å²) in [4.78, 5) is 13.0. The zero-order chi connectivity index (χ0) is 23.5. The Morgan fingerprint density at radius 1 is 0.969 bits per heavy atom. The Balaban J connectivity index is 2.44. The van der Waals surface area contributed by atoms with Crippen LogP contribution in [0.3, 0.4) is 0 Å². The number of amides is 1. The van der Waals surface area contributed by atoms with Crippen molar-refractivity contribution >= 4 is 17.2 Å². The van der Waals surface area contributed by atoms with Gasteiger partial charge >= 0.3 is 0 Å². The normalized spacial score (nSPS) is 12.8. The number of nitrogens with one attached hydrogen (secondary N) is 1. The molecule has 0 aliphatic carbocycles. The zero-order valence-electron chi connectivity index (χ0n) is 20.4. The fraction of sp³-hybridized carbons (Fsp3) is 0.741. The summed E-state index contributed by atoms with van der Waals surface area (Å²) in [5.41, 5.74) is -0.674. The van der Waals surface area contributed by atoms with Gasteiger partial charge in [0.1, 0.15) is 0 Å². The molecule has 0 aromatic carbocycles. The van der Waals surface area contributed by atoms with E-state index < -0.39 is 5.72 Å². The van der Waals surface area contributed by atoms with Crippen molar-refractivity contribution in [3.8, 4) is 11.8 Å². The first-order valence-electron chi connectivity index (χ1n) is 12.8. The number of hydrogen-bond donors (Lipinski definition) is 3. The van der Waals surface area contributed by atoms with Crippen LogP contribution in [0.1, 0.15) is 127 Å². The Hall–Kier alpha value is -1.35. The van der Waals surface area contributed by atoms with E-state index in [4.69, 9.17) is 0 Å². The van der Waals surface area contributed by atoms with Crippen LogP contribution in [0.15, 0.2) is 11.4 Å². The second-order valence-electron chi connectivity index (χ2n) is 8.77. The SMILES string of the molecule is CCCCCCCCCCC#Cc1csc(C(O)(CCO)NC(=O)CCCCCCC)c1. The number of thiophene rings is 1. The highest BCUT2D eigenvalue weighted by Gasteiger charge is 2.32. The largest absolute Gasteiger partial charge is 0.396 e. The lowest BCUT2D eigenvalue weighted by Gasteiger charge is -2.27. The second-order valence-corrected chi connectivity index (χ2v) is 9.68. The number of aliphatic hydroxyl groups is 2. The molecule has 0 spiro atoms. The number of aliphatic hydroxyl groups excluding tert-OH is 1. The molecule has 1 rings (SSSR count). The molecule has 1 amide bonds. The smallest absolute Gasteiger partial charge is 0.222 e. The Kier molecular flexibility index (Phi) is 16.2. The lowest BCUT2D eigenvalue weighted by molar-refractivity contribution is -0.130. The molecule has 1 heterocycles. The molecule has 1 aromatic rings. The molecule has 5 heteroatoms. The third-order valence-electron chi connectivity index (χ3n) is 5.72. The van der Waals surface area contributed by atoms with Gasteiger partial charge < -0.3 is 15.5 Å². The summed E-state index contributed by atoms with van der Waals surface area (Å²) in [5, 5.41) is 25.1. The van der Waals surface area contributed by atoms with Gasteiger partial charge in [0, 0.05) is 36.8 Å². The van der Waals surface area contributed by atoms with Crippen LogP contribution in [0, 0.1) is 11.8 Å². The Morgan fingerprint density at radius 3 is 2.19 bits per heavy atom. The van der Waals surface area contributed by atoms with E-state index in [1.54, 1.807) is 0 Å². The zero-order valence-corrected chi connectivity index (χ0v) is 21.2. The monoisotopic (exact) mass is 463 g/mol. The molecule has 1 unspecified atom stereocenters. The predicted octanol–water partition coefficient (Wildman–Crippen LogP) is 6.63. The Bertz CT molecular complexity index is 676. The van der Waals surface area contributed by atoms with Gasteiger partial charge in [0.15, 0.2) is 5.72 Å². The van der Waals surface area contributed by atoms with E-state index in [-0.39, 0.29) is 18.9 Å². The van der Waals surface area contributed by atoms with Crippen LogP contribution in [0.2, 0.25) is 0 Å². The van der Waals surface area contributed by atoms with Gasteiger partial charge in [-0.05, 0) is 18.9 Å². The minimum absolute atomic E-state index is 0.0697. The third kappa shape index (κ3) is 12.6. The molecule has 182 valence electrons. The lowest BCUT2D eigenvalue weighted by atomic mass is 10.1. The minimum atomic E-state index is -1.53. The van der Waals surface area contributed by atoms with Gasteiger partial charge in [-0.2, -0.15) is 0 Å². The average Bonchev–Trinajstić information content (AvgIpc) is 3.25. The summed E-state index contributed by atoms with van der Waals surface area (Å²) in [6, 6.07) is 1.84. The molecule has 1 aromatic heterocycles. The van der Waals surface area contributed by atoms with Crippen molar-refractivity contribution in [2.24, 2.45) is 0 Å². The first-order chi connectivity index (χ1) is 15.6. The molecule has 0 saturated carbocycles. The van der Waals surface area contributed by atoms with Crippen molar-refractivity contribution in [3.05, 3.63) is 21.9 Å². The summed E-state index contributed by atoms with van der Waals surface area (Å²) >= 11 is 1.38. The number of carbonyl (C=O) groups excluding carboxylic acids is 1. The molecule has 0 aliphatic rings. The van der Waals surface area contributed by atoms with E-state index in [1.807, 2.05) is 11.4 Å². The molecule has 4 nitrogen and oxygen atoms in total. The quantitative estimate of drug-likeness (QED) is 0.130. The van der Waals surface area contributed by atoms with Crippen LogP contribution >= 0.6 is 11.3 Å². The first kappa shape index (κ1) is 28.7. The number of unbranched alkanes of at least 4 members (excludes halogenated alkanes) is 12. The molecule has 0 saturated heterocycles. The van der Waals surface area contributed by atoms with Gasteiger partial charge in [-0.25, -0.2) is 0 Å². The van der Waals surface area contributed by atoms with Crippen molar-refractivity contribution in [2.45, 2.75) is 122 Å². The molecule has 0 bridgehead atoms. The third-order valence-corrected chi connectivity index (χ3v) is 6.80. The van der Waals surface area contributed by atoms with Gasteiger partial charge in [0.05, 0.1) is 4.88 Å². The van der Waals surface area contributed by atoms with Crippen LogP contribution in [-0.2, 0) is 10.5 Å². The van der Waals surface area contributed by atoms with Crippen molar-refractivity contribution in [2.75, 3.05) is 6.61 Å². The molecular formula is C27H45NO3S. The highest BCUT2D eigenvalue weighted by molar-refractivity contribution is 7.10. The van der Waals surface area contributed by atoms with Crippen molar-refractivity contribution in [1.82, 2.24) is 5.32 Å². The summed E-state index contributed by atoms with van der Waals surface area (Å²) in [6.07, 6.45) is 17.0. The molecule has 1 atom stereocenters. The van der Waals surface area contributed by atoms with E-state index in [9.17, 15) is 15.0 Å². The van der Waals surface area contributed by atoms with Crippen LogP contribution in [0.5, 0.6) is 0 Å². The molecule has 32 heavy (non-hydrogen) atoms. The van der Waals surface area contributed by atoms with Crippen molar-refractivity contribution in [1.29, 1.82) is 0 Å². The average molecular weight is 464 g/mol. The Morgan fingerprint density at radius 2 is 1.56 bits per heavy atom. The number of carbonyl (C=O) groups is 1. The fourth-order valence-corrected chi connectivity index (χ4v) is 4.65. The summed E-state index contributed by atoms with van der Waals surface area (Å²) < 4.78 is 0. The van der Waals surface area contributed by atoms with Gasteiger partial charge in [0.25, 0.3) is 0 Å². The van der Waals surface area contributed by atoms with E-state index in [2.05, 4.69) is 31.0 Å². The highest BCUT2D eigenvalue weighted by atomic mass is 32.1. The second kappa shape index (κ2) is 18.1. The number of rotatable bonds is 18. The molecule has 0 radical (unpaired) electrons. The van der Waals surface area contributed by atoms with E-state index in [1.165, 1.54) is 69.1 Å². The van der Waals surface area contributed by atoms with Gasteiger partial charge in [-0.15, -0.1) is 11.3 Å². The maximum atomic E-state index is 12.3. The molecule has 0 aliphatic heterocycles. The standard InChI is InChI=1S/C27H45NO3S/c1-3-5-7-9-10-11-12-13-15-16-18-24-22-25(32-23-24)27(31,20-21-29)28-26(30)19-17-14-8-6-4-2/h22-23,29,31H,3-15,17,19-21H2,1-2H3,(H,28,30). The lowest BCUT2D eigenvalue weighted by Crippen LogP contribution is -2.46. The molecular weight excluding hydrogens is 418 g/mol. The summed E-state index contributed by atoms with van der Waals surface area (Å²) in [6.45, 7) is 4.21. The maximum Gasteiger partial charge on any atom is 0.222 e. The van der Waals surface area contributed by atoms with E-state index >= 15 is 0 Å². The summed E-state index contributed by atoms with van der Waals surface area (Å²) in [5.74, 6) is 6.24. The van der Waals surface area contributed by atoms with Crippen LogP contribution in [-0.4, -0.2) is 22.7 Å². The fourth-order valence-electron chi connectivity index (χ4n) is 3.72. The van der Waals surface area contributed by atoms with Crippen LogP contribution < -0.4 is 5.32 Å². The van der Waals surface area contributed by atoms with Crippen LogP contribution in [0.25, 0.3) is 0 Å². The highest BCUT2D eigenvalue weighted by Crippen LogP contribution is 2.28. The molecule has 3 N–H and O–H groups in total.